The van der Waals surface area contributed by atoms with Gasteiger partial charge in [-0.15, -0.1) is 0 Å². The van der Waals surface area contributed by atoms with Crippen LogP contribution in [0.2, 0.25) is 0 Å². The van der Waals surface area contributed by atoms with Crippen LogP contribution in [-0.4, -0.2) is 66.2 Å². The number of alkyl halides is 3. The van der Waals surface area contributed by atoms with Gasteiger partial charge in [-0.05, 0) is 80.8 Å². The van der Waals surface area contributed by atoms with Gasteiger partial charge in [0.2, 0.25) is 5.88 Å². The first-order valence-corrected chi connectivity index (χ1v) is 16.0. The van der Waals surface area contributed by atoms with Crippen molar-refractivity contribution in [1.29, 1.82) is 0 Å². The molecule has 9 nitrogen and oxygen atoms in total. The van der Waals surface area contributed by atoms with Crippen LogP contribution in [0.4, 0.5) is 23.8 Å². The van der Waals surface area contributed by atoms with E-state index in [9.17, 15) is 22.8 Å². The van der Waals surface area contributed by atoms with E-state index in [0.717, 1.165) is 28.8 Å². The lowest BCUT2D eigenvalue weighted by Crippen LogP contribution is -2.37. The Morgan fingerprint density at radius 2 is 1.73 bits per heavy atom. The van der Waals surface area contributed by atoms with Crippen LogP contribution in [0.1, 0.15) is 58.3 Å². The fraction of sp³-hybridized carbons (Fsp3) is 0.351. The molecule has 2 aliphatic rings. The highest BCUT2D eigenvalue weighted by atomic mass is 19.4. The molecule has 2 saturated heterocycles. The lowest BCUT2D eigenvalue weighted by molar-refractivity contribution is -0.137. The number of ketones is 1. The van der Waals surface area contributed by atoms with Gasteiger partial charge < -0.3 is 19.1 Å². The summed E-state index contributed by atoms with van der Waals surface area (Å²) in [7, 11) is 1.52. The van der Waals surface area contributed by atoms with Crippen molar-refractivity contribution in [3.05, 3.63) is 94.3 Å². The average Bonchev–Trinajstić information content (AvgIpc) is 3.36. The topological polar surface area (TPSA) is 94.1 Å². The van der Waals surface area contributed by atoms with Crippen LogP contribution in [-0.2, 0) is 22.2 Å². The zero-order chi connectivity index (χ0) is 35.0. The van der Waals surface area contributed by atoms with Crippen molar-refractivity contribution in [2.75, 3.05) is 38.3 Å². The number of hydrogen-bond donors (Lipinski definition) is 0. The summed E-state index contributed by atoms with van der Waals surface area (Å²) in [4.78, 5) is 38.6. The fourth-order valence-electron chi connectivity index (χ4n) is 6.45. The summed E-state index contributed by atoms with van der Waals surface area (Å²) in [5, 5.41) is 0. The Kier molecular flexibility index (Phi) is 9.35. The number of Topliss-reactive ketones (excluding diaryl/α,β-unsaturated/α-hetero) is 1. The Labute approximate surface area is 282 Å². The number of pyridine rings is 2. The molecule has 1 amide bonds. The standard InChI is InChI=1S/C37H37F3N4O5/c1-21-14-26(17-28(15-21)37(38,39)40)34-23(3)44(36(46)49-34)20-32-30(8-9-33(42-32)43-10-12-48-13-11-43)31-18-27(19-41-35(31)47-5)29-7-6-25(24(4)45)16-22(29)2/h6-9,14-19,23,34H,10-13,20H2,1-5H3/t23-,34-/m0/s1. The summed E-state index contributed by atoms with van der Waals surface area (Å²) in [5.41, 5.74) is 4.92. The van der Waals surface area contributed by atoms with Crippen LogP contribution >= 0.6 is 0 Å². The zero-order valence-corrected chi connectivity index (χ0v) is 27.9. The molecule has 2 aromatic heterocycles. The van der Waals surface area contributed by atoms with Gasteiger partial charge in [0.15, 0.2) is 5.78 Å². The number of rotatable bonds is 8. The number of carbonyl (C=O) groups excluding carboxylic acids is 2. The van der Waals surface area contributed by atoms with Gasteiger partial charge in [0, 0.05) is 41.5 Å². The molecular weight excluding hydrogens is 637 g/mol. The minimum atomic E-state index is -4.54. The Hall–Kier alpha value is -4.97. The lowest BCUT2D eigenvalue weighted by Gasteiger charge is -2.29. The normalized spacial score (nSPS) is 18.1. The van der Waals surface area contributed by atoms with Gasteiger partial charge in [0.1, 0.15) is 11.9 Å². The zero-order valence-electron chi connectivity index (χ0n) is 27.9. The van der Waals surface area contributed by atoms with E-state index in [2.05, 4.69) is 9.88 Å². The third-order valence-electron chi connectivity index (χ3n) is 9.04. The van der Waals surface area contributed by atoms with Crippen LogP contribution in [0.15, 0.2) is 60.8 Å². The lowest BCUT2D eigenvalue weighted by atomic mass is 9.95. The molecule has 6 rings (SSSR count). The smallest absolute Gasteiger partial charge is 0.416 e. The van der Waals surface area contributed by atoms with Crippen molar-refractivity contribution < 1.29 is 37.0 Å². The van der Waals surface area contributed by atoms with Gasteiger partial charge in [-0.2, -0.15) is 13.2 Å². The number of aromatic nitrogens is 2. The molecule has 0 spiro atoms. The molecule has 4 aromatic rings. The van der Waals surface area contributed by atoms with Gasteiger partial charge in [0.05, 0.1) is 44.2 Å². The largest absolute Gasteiger partial charge is 0.481 e. The molecule has 4 heterocycles. The third kappa shape index (κ3) is 6.96. The molecule has 2 aromatic carbocycles. The molecule has 256 valence electrons. The Balaban J connectivity index is 1.41. The highest BCUT2D eigenvalue weighted by molar-refractivity contribution is 5.95. The van der Waals surface area contributed by atoms with Gasteiger partial charge in [-0.25, -0.2) is 14.8 Å². The number of aryl methyl sites for hydroxylation is 2. The van der Waals surface area contributed by atoms with E-state index in [1.165, 1.54) is 18.9 Å². The summed E-state index contributed by atoms with van der Waals surface area (Å²) >= 11 is 0. The van der Waals surface area contributed by atoms with E-state index in [4.69, 9.17) is 19.2 Å². The highest BCUT2D eigenvalue weighted by Crippen LogP contribution is 2.40. The maximum absolute atomic E-state index is 13.7. The summed E-state index contributed by atoms with van der Waals surface area (Å²) < 4.78 is 58.0. The number of benzene rings is 2. The Bertz CT molecular complexity index is 1910. The molecule has 0 N–H and O–H groups in total. The van der Waals surface area contributed by atoms with E-state index in [-0.39, 0.29) is 17.9 Å². The van der Waals surface area contributed by atoms with E-state index in [1.807, 2.05) is 37.3 Å². The number of nitrogens with zero attached hydrogens (tertiary/aromatic N) is 4. The van der Waals surface area contributed by atoms with Gasteiger partial charge in [0.25, 0.3) is 0 Å². The van der Waals surface area contributed by atoms with E-state index >= 15 is 0 Å². The number of cyclic esters (lactones) is 1. The third-order valence-corrected chi connectivity index (χ3v) is 9.04. The van der Waals surface area contributed by atoms with E-state index < -0.39 is 30.0 Å². The van der Waals surface area contributed by atoms with Crippen LogP contribution in [0.5, 0.6) is 5.88 Å². The predicted octanol–water partition coefficient (Wildman–Crippen LogP) is 7.58. The Morgan fingerprint density at radius 3 is 2.41 bits per heavy atom. The van der Waals surface area contributed by atoms with Crippen LogP contribution in [0, 0.1) is 13.8 Å². The summed E-state index contributed by atoms with van der Waals surface area (Å²) in [6.45, 7) is 9.19. The molecule has 0 radical (unpaired) electrons. The number of carbonyl (C=O) groups is 2. The first-order chi connectivity index (χ1) is 23.3. The average molecular weight is 675 g/mol. The predicted molar refractivity (Wildman–Crippen MR) is 178 cm³/mol. The minimum Gasteiger partial charge on any atom is -0.481 e. The van der Waals surface area contributed by atoms with Crippen LogP contribution < -0.4 is 9.64 Å². The van der Waals surface area contributed by atoms with Gasteiger partial charge >= 0.3 is 12.3 Å². The summed E-state index contributed by atoms with van der Waals surface area (Å²) in [6, 6.07) is 14.4. The second kappa shape index (κ2) is 13.5. The SMILES string of the molecule is COc1ncc(-c2ccc(C(C)=O)cc2C)cc1-c1ccc(N2CCOCC2)nc1CN1C(=O)O[C@H](c2cc(C)cc(C(F)(F)F)c2)[C@@H]1C. The van der Waals surface area contributed by atoms with Gasteiger partial charge in [-0.1, -0.05) is 23.8 Å². The maximum Gasteiger partial charge on any atom is 0.416 e. The number of ether oxygens (including phenoxy) is 3. The molecule has 0 aliphatic carbocycles. The second-order valence-corrected chi connectivity index (χ2v) is 12.4. The first-order valence-electron chi connectivity index (χ1n) is 16.0. The number of hydrogen-bond acceptors (Lipinski definition) is 8. The summed E-state index contributed by atoms with van der Waals surface area (Å²) in [6.07, 6.45) is -4.41. The molecule has 49 heavy (non-hydrogen) atoms. The van der Waals surface area contributed by atoms with Crippen molar-refractivity contribution in [3.63, 3.8) is 0 Å². The monoisotopic (exact) mass is 674 g/mol. The first kappa shape index (κ1) is 33.9. The molecule has 12 heteroatoms. The number of morpholine rings is 1. The molecule has 0 bridgehead atoms. The minimum absolute atomic E-state index is 0.0156. The molecule has 2 fully saturated rings. The summed E-state index contributed by atoms with van der Waals surface area (Å²) in [5.74, 6) is 1.02. The molecule has 0 unspecified atom stereocenters. The van der Waals surface area contributed by atoms with Crippen molar-refractivity contribution in [2.24, 2.45) is 0 Å². The van der Waals surface area contributed by atoms with Crippen molar-refractivity contribution in [2.45, 2.75) is 52.6 Å². The maximum atomic E-state index is 13.7. The number of anilines is 1. The number of halogens is 3. The molecule has 2 aliphatic heterocycles. The number of amides is 1. The number of methoxy groups -OCH3 is 1. The van der Waals surface area contributed by atoms with E-state index in [1.54, 1.807) is 32.2 Å². The molecular formula is C37H37F3N4O5. The van der Waals surface area contributed by atoms with Gasteiger partial charge in [-0.3, -0.25) is 9.69 Å². The van der Waals surface area contributed by atoms with Crippen molar-refractivity contribution in [1.82, 2.24) is 14.9 Å². The van der Waals surface area contributed by atoms with Crippen molar-refractivity contribution >= 4 is 17.7 Å². The van der Waals surface area contributed by atoms with Crippen molar-refractivity contribution in [3.8, 4) is 28.1 Å². The second-order valence-electron chi connectivity index (χ2n) is 12.4. The van der Waals surface area contributed by atoms with Crippen LogP contribution in [0.3, 0.4) is 0 Å². The van der Waals surface area contributed by atoms with E-state index in [0.29, 0.717) is 65.9 Å². The fourth-order valence-corrected chi connectivity index (χ4v) is 6.45. The molecule has 2 atom stereocenters. The quantitative estimate of drug-likeness (QED) is 0.177. The molecule has 0 saturated carbocycles. The highest BCUT2D eigenvalue weighted by Gasteiger charge is 2.41. The van der Waals surface area contributed by atoms with Crippen LogP contribution in [0.25, 0.3) is 22.3 Å². The Morgan fingerprint density at radius 1 is 1.00 bits per heavy atom.